The fourth-order valence-electron chi connectivity index (χ4n) is 1.19. The van der Waals surface area contributed by atoms with Crippen LogP contribution in [0.25, 0.3) is 6.08 Å². The molecule has 1 amide bonds. The number of carboxylic acid groups (broad SMARTS) is 1. The summed E-state index contributed by atoms with van der Waals surface area (Å²) in [5.74, 6) is 0. The number of hydrogen-bond acceptors (Lipinski definition) is 3. The van der Waals surface area contributed by atoms with E-state index >= 15 is 0 Å². The zero-order chi connectivity index (χ0) is 12.7. The van der Waals surface area contributed by atoms with Crippen molar-refractivity contribution >= 4 is 17.9 Å². The Morgan fingerprint density at radius 1 is 1.41 bits per heavy atom. The molecule has 0 aromatic heterocycles. The van der Waals surface area contributed by atoms with Crippen molar-refractivity contribution in [3.05, 3.63) is 46.0 Å². The van der Waals surface area contributed by atoms with Gasteiger partial charge in [-0.25, -0.2) is 4.79 Å². The molecule has 0 saturated heterocycles. The fourth-order valence-corrected chi connectivity index (χ4v) is 1.19. The number of nitrogens with zero attached hydrogens (tertiary/aromatic N) is 1. The minimum Gasteiger partial charge on any atom is -0.465 e. The summed E-state index contributed by atoms with van der Waals surface area (Å²) in [5.41, 5.74) is 0.889. The summed E-state index contributed by atoms with van der Waals surface area (Å²) in [6.07, 6.45) is 3.11. The first kappa shape index (κ1) is 12.7. The smallest absolute Gasteiger partial charge is 0.404 e. The van der Waals surface area contributed by atoms with Gasteiger partial charge in [0.05, 0.1) is 4.92 Å². The molecule has 0 atom stereocenters. The molecule has 0 heterocycles. The molecular formula is C11H12N2O4. The maximum atomic E-state index is 10.4. The number of hydrogen-bond donors (Lipinski definition) is 2. The van der Waals surface area contributed by atoms with Crippen LogP contribution in [0.4, 0.5) is 10.5 Å². The van der Waals surface area contributed by atoms with Gasteiger partial charge < -0.3 is 10.4 Å². The molecule has 0 radical (unpaired) electrons. The summed E-state index contributed by atoms with van der Waals surface area (Å²) in [5, 5.41) is 20.9. The lowest BCUT2D eigenvalue weighted by molar-refractivity contribution is -0.384. The van der Waals surface area contributed by atoms with Crippen molar-refractivity contribution in [2.45, 2.75) is 6.42 Å². The van der Waals surface area contributed by atoms with E-state index in [1.807, 2.05) is 0 Å². The number of nitrogens with one attached hydrogen (secondary N) is 1. The number of non-ortho nitro benzene ring substituents is 1. The van der Waals surface area contributed by atoms with Gasteiger partial charge in [-0.3, -0.25) is 10.1 Å². The van der Waals surface area contributed by atoms with E-state index in [1.54, 1.807) is 24.3 Å². The highest BCUT2D eigenvalue weighted by Crippen LogP contribution is 2.12. The molecule has 0 spiro atoms. The van der Waals surface area contributed by atoms with Crippen LogP contribution in [0.5, 0.6) is 0 Å². The lowest BCUT2D eigenvalue weighted by atomic mass is 10.2. The van der Waals surface area contributed by atoms with Gasteiger partial charge in [-0.2, -0.15) is 0 Å². The van der Waals surface area contributed by atoms with Gasteiger partial charge in [0.25, 0.3) is 5.69 Å². The average Bonchev–Trinajstić information content (AvgIpc) is 2.29. The van der Waals surface area contributed by atoms with Gasteiger partial charge in [0.1, 0.15) is 0 Å². The summed E-state index contributed by atoms with van der Waals surface area (Å²) in [6, 6.07) is 6.13. The van der Waals surface area contributed by atoms with E-state index in [1.165, 1.54) is 12.1 Å². The third-order valence-corrected chi connectivity index (χ3v) is 2.00. The predicted molar refractivity (Wildman–Crippen MR) is 62.8 cm³/mol. The summed E-state index contributed by atoms with van der Waals surface area (Å²) >= 11 is 0. The lowest BCUT2D eigenvalue weighted by Gasteiger charge is -1.96. The van der Waals surface area contributed by atoms with Crippen LogP contribution in [-0.2, 0) is 0 Å². The molecule has 0 aliphatic carbocycles. The molecule has 6 nitrogen and oxygen atoms in total. The van der Waals surface area contributed by atoms with Crippen LogP contribution >= 0.6 is 0 Å². The Kier molecular flexibility index (Phi) is 4.68. The van der Waals surface area contributed by atoms with Crippen molar-refractivity contribution in [2.75, 3.05) is 6.54 Å². The summed E-state index contributed by atoms with van der Waals surface area (Å²) in [4.78, 5) is 20.1. The van der Waals surface area contributed by atoms with Crippen LogP contribution in [0, 0.1) is 10.1 Å². The Balaban J connectivity index is 2.43. The molecule has 1 rings (SSSR count). The molecule has 0 saturated carbocycles. The molecule has 6 heteroatoms. The normalized spacial score (nSPS) is 10.4. The molecule has 0 fully saturated rings. The summed E-state index contributed by atoms with van der Waals surface area (Å²) in [6.45, 7) is 0.346. The minimum atomic E-state index is -1.05. The van der Waals surface area contributed by atoms with Crippen LogP contribution in [0.15, 0.2) is 30.3 Å². The van der Waals surface area contributed by atoms with Crippen LogP contribution in [0.3, 0.4) is 0 Å². The molecule has 0 aliphatic heterocycles. The average molecular weight is 236 g/mol. The second-order valence-electron chi connectivity index (χ2n) is 3.27. The first-order chi connectivity index (χ1) is 8.09. The van der Waals surface area contributed by atoms with Crippen molar-refractivity contribution in [2.24, 2.45) is 0 Å². The first-order valence-corrected chi connectivity index (χ1v) is 4.97. The Hall–Kier alpha value is -2.37. The van der Waals surface area contributed by atoms with Crippen LogP contribution in [-0.4, -0.2) is 22.7 Å². The lowest BCUT2D eigenvalue weighted by Crippen LogP contribution is -2.21. The minimum absolute atomic E-state index is 0.0506. The molecule has 1 aromatic rings. The van der Waals surface area contributed by atoms with Gasteiger partial charge in [0.2, 0.25) is 0 Å². The van der Waals surface area contributed by atoms with Crippen LogP contribution in [0.2, 0.25) is 0 Å². The van der Waals surface area contributed by atoms with E-state index in [2.05, 4.69) is 5.32 Å². The Labute approximate surface area is 97.7 Å². The van der Waals surface area contributed by atoms with Gasteiger partial charge in [-0.05, 0) is 24.1 Å². The second kappa shape index (κ2) is 6.26. The molecule has 17 heavy (non-hydrogen) atoms. The Morgan fingerprint density at radius 2 is 2.06 bits per heavy atom. The van der Waals surface area contributed by atoms with Crippen molar-refractivity contribution in [1.82, 2.24) is 5.32 Å². The van der Waals surface area contributed by atoms with E-state index in [9.17, 15) is 14.9 Å². The zero-order valence-electron chi connectivity index (χ0n) is 9.00. The molecule has 90 valence electrons. The second-order valence-corrected chi connectivity index (χ2v) is 3.27. The van der Waals surface area contributed by atoms with Crippen molar-refractivity contribution in [3.8, 4) is 0 Å². The van der Waals surface area contributed by atoms with Crippen LogP contribution in [0.1, 0.15) is 12.0 Å². The predicted octanol–water partition coefficient (Wildman–Crippen LogP) is 2.27. The van der Waals surface area contributed by atoms with E-state index in [0.717, 1.165) is 5.56 Å². The highest BCUT2D eigenvalue weighted by Gasteiger charge is 2.01. The molecule has 1 aromatic carbocycles. The number of amides is 1. The van der Waals surface area contributed by atoms with Crippen molar-refractivity contribution in [1.29, 1.82) is 0 Å². The first-order valence-electron chi connectivity index (χ1n) is 4.97. The van der Waals surface area contributed by atoms with E-state index in [4.69, 9.17) is 5.11 Å². The highest BCUT2D eigenvalue weighted by atomic mass is 16.6. The third kappa shape index (κ3) is 4.78. The maximum Gasteiger partial charge on any atom is 0.404 e. The molecule has 0 aliphatic rings. The van der Waals surface area contributed by atoms with Crippen LogP contribution < -0.4 is 5.32 Å². The van der Waals surface area contributed by atoms with Gasteiger partial charge >= 0.3 is 6.09 Å². The molecule has 0 bridgehead atoms. The van der Waals surface area contributed by atoms with Gasteiger partial charge in [-0.15, -0.1) is 0 Å². The highest BCUT2D eigenvalue weighted by molar-refractivity contribution is 5.64. The van der Waals surface area contributed by atoms with E-state index < -0.39 is 11.0 Å². The fraction of sp³-hybridized carbons (Fsp3) is 0.182. The zero-order valence-corrected chi connectivity index (χ0v) is 9.00. The largest absolute Gasteiger partial charge is 0.465 e. The number of rotatable bonds is 5. The van der Waals surface area contributed by atoms with Crippen molar-refractivity contribution in [3.63, 3.8) is 0 Å². The molecule has 0 unspecified atom stereocenters. The van der Waals surface area contributed by atoms with Crippen molar-refractivity contribution < 1.29 is 14.8 Å². The number of benzene rings is 1. The van der Waals surface area contributed by atoms with Gasteiger partial charge in [0.15, 0.2) is 0 Å². The number of carbonyl (C=O) groups is 1. The molecular weight excluding hydrogens is 224 g/mol. The number of nitro groups is 1. The topological polar surface area (TPSA) is 92.5 Å². The SMILES string of the molecule is O=C(O)NCCC=Cc1ccc([N+](=O)[O-])cc1. The monoisotopic (exact) mass is 236 g/mol. The summed E-state index contributed by atoms with van der Waals surface area (Å²) in [7, 11) is 0. The quantitative estimate of drug-likeness (QED) is 0.466. The third-order valence-electron chi connectivity index (χ3n) is 2.00. The molecule has 2 N–H and O–H groups in total. The van der Waals surface area contributed by atoms with E-state index in [0.29, 0.717) is 13.0 Å². The standard InChI is InChI=1S/C11H12N2O4/c14-11(15)12-8-2-1-3-9-4-6-10(7-5-9)13(16)17/h1,3-7,12H,2,8H2,(H,14,15). The number of nitro benzene ring substituents is 1. The maximum absolute atomic E-state index is 10.4. The summed E-state index contributed by atoms with van der Waals surface area (Å²) < 4.78 is 0. The van der Waals surface area contributed by atoms with Gasteiger partial charge in [0, 0.05) is 18.7 Å². The van der Waals surface area contributed by atoms with E-state index in [-0.39, 0.29) is 5.69 Å². The van der Waals surface area contributed by atoms with Gasteiger partial charge in [-0.1, -0.05) is 12.2 Å². The Morgan fingerprint density at radius 3 is 2.59 bits per heavy atom. The Bertz CT molecular complexity index is 426.